The van der Waals surface area contributed by atoms with Crippen LogP contribution in [0.25, 0.3) is 11.0 Å². The number of aryl methyl sites for hydroxylation is 2. The van der Waals surface area contributed by atoms with Crippen LogP contribution in [0.3, 0.4) is 0 Å². The normalized spacial score (nSPS) is 11.0. The van der Waals surface area contributed by atoms with Gasteiger partial charge in [0.05, 0.1) is 17.6 Å². The van der Waals surface area contributed by atoms with E-state index in [1.54, 1.807) is 11.8 Å². The smallest absolute Gasteiger partial charge is 0.317 e. The lowest BCUT2D eigenvalue weighted by molar-refractivity contribution is -0.121. The van der Waals surface area contributed by atoms with Crippen LogP contribution in [0.1, 0.15) is 23.1 Å². The zero-order valence-corrected chi connectivity index (χ0v) is 20.1. The lowest BCUT2D eigenvalue weighted by atomic mass is 10.1. The molecule has 0 saturated carbocycles. The summed E-state index contributed by atoms with van der Waals surface area (Å²) in [5.74, 6) is -0.172. The quantitative estimate of drug-likeness (QED) is 0.311. The van der Waals surface area contributed by atoms with Crippen LogP contribution >= 0.6 is 11.8 Å². The topological polar surface area (TPSA) is 73.1 Å². The van der Waals surface area contributed by atoms with Crippen molar-refractivity contribution < 1.29 is 4.79 Å². The summed E-state index contributed by atoms with van der Waals surface area (Å²) in [6.07, 6.45) is 2.12. The van der Waals surface area contributed by atoms with Crippen molar-refractivity contribution in [1.29, 1.82) is 0 Å². The number of carbonyl (C=O) groups is 1. The van der Waals surface area contributed by atoms with E-state index in [1.807, 2.05) is 86.0 Å². The van der Waals surface area contributed by atoms with Crippen molar-refractivity contribution in [2.45, 2.75) is 37.9 Å². The molecule has 6 nitrogen and oxygen atoms in total. The van der Waals surface area contributed by atoms with Gasteiger partial charge in [-0.15, -0.1) is 11.8 Å². The van der Waals surface area contributed by atoms with Crippen molar-refractivity contribution in [2.75, 3.05) is 6.26 Å². The fourth-order valence-corrected chi connectivity index (χ4v) is 4.28. The Bertz CT molecular complexity index is 1420. The Morgan fingerprint density at radius 3 is 2.06 bits per heavy atom. The first-order chi connectivity index (χ1) is 16.5. The minimum atomic E-state index is -0.619. The molecule has 0 fully saturated rings. The fourth-order valence-electron chi connectivity index (χ4n) is 3.87. The van der Waals surface area contributed by atoms with Crippen molar-refractivity contribution in [1.82, 2.24) is 14.5 Å². The molecule has 0 spiro atoms. The number of para-hydroxylation sites is 2. The van der Waals surface area contributed by atoms with Gasteiger partial charge in [0.25, 0.3) is 0 Å². The Labute approximate surface area is 202 Å². The van der Waals surface area contributed by atoms with Crippen LogP contribution < -0.4 is 16.4 Å². The van der Waals surface area contributed by atoms with Gasteiger partial charge in [-0.25, -0.2) is 0 Å². The van der Waals surface area contributed by atoms with Crippen molar-refractivity contribution >= 4 is 28.7 Å². The largest absolute Gasteiger partial charge is 0.352 e. The van der Waals surface area contributed by atoms with Crippen LogP contribution in [0.15, 0.2) is 87.3 Å². The van der Waals surface area contributed by atoms with Crippen LogP contribution in [0, 0.1) is 6.92 Å². The number of rotatable bonds is 8. The number of hydrogen-bond acceptors (Lipinski definition) is 4. The molecule has 1 N–H and O–H groups in total. The number of thioether (sulfide) groups is 1. The third-order valence-corrected chi connectivity index (χ3v) is 6.55. The number of aromatic nitrogens is 2. The summed E-state index contributed by atoms with van der Waals surface area (Å²) in [4.78, 5) is 39.6. The average Bonchev–Trinajstić information content (AvgIpc) is 2.87. The Balaban J connectivity index is 1.53. The molecule has 0 saturated heterocycles. The zero-order chi connectivity index (χ0) is 24.1. The third-order valence-electron chi connectivity index (χ3n) is 5.81. The summed E-state index contributed by atoms with van der Waals surface area (Å²) < 4.78 is 2.92. The first-order valence-corrected chi connectivity index (χ1v) is 12.4. The van der Waals surface area contributed by atoms with E-state index < -0.39 is 11.1 Å². The van der Waals surface area contributed by atoms with Gasteiger partial charge in [-0.1, -0.05) is 54.1 Å². The molecule has 1 heterocycles. The van der Waals surface area contributed by atoms with Crippen LogP contribution in [0.5, 0.6) is 0 Å². The van der Waals surface area contributed by atoms with Crippen molar-refractivity contribution in [3.8, 4) is 0 Å². The predicted molar refractivity (Wildman–Crippen MR) is 137 cm³/mol. The molecule has 7 heteroatoms. The van der Waals surface area contributed by atoms with Gasteiger partial charge in [0.15, 0.2) is 0 Å². The maximum atomic E-state index is 13.0. The molecule has 174 valence electrons. The Kier molecular flexibility index (Phi) is 7.33. The standard InChI is InChI=1S/C27H27N3O3S/c1-19-7-9-21(10-8-19)18-30-24-6-4-3-5-23(24)29(26(32)27(30)33)16-15-25(31)28-17-20-11-13-22(34-2)14-12-20/h3-14H,15-18H2,1-2H3,(H,28,31). The molecule has 0 aliphatic heterocycles. The van der Waals surface area contributed by atoms with Gasteiger partial charge >= 0.3 is 11.1 Å². The van der Waals surface area contributed by atoms with E-state index in [0.717, 1.165) is 16.7 Å². The third kappa shape index (κ3) is 5.31. The predicted octanol–water partition coefficient (Wildman–Crippen LogP) is 3.95. The molecular formula is C27H27N3O3S. The number of amides is 1. The van der Waals surface area contributed by atoms with Gasteiger partial charge in [0.2, 0.25) is 5.91 Å². The van der Waals surface area contributed by atoms with E-state index in [4.69, 9.17) is 0 Å². The van der Waals surface area contributed by atoms with Crippen molar-refractivity contribution in [3.63, 3.8) is 0 Å². The van der Waals surface area contributed by atoms with E-state index in [1.165, 1.54) is 14.0 Å². The molecule has 1 amide bonds. The van der Waals surface area contributed by atoms with Gasteiger partial charge in [-0.05, 0) is 48.6 Å². The van der Waals surface area contributed by atoms with E-state index in [-0.39, 0.29) is 18.9 Å². The second-order valence-electron chi connectivity index (χ2n) is 8.20. The molecule has 3 aromatic carbocycles. The molecular weight excluding hydrogens is 446 g/mol. The highest BCUT2D eigenvalue weighted by atomic mass is 32.2. The first kappa shape index (κ1) is 23.6. The second kappa shape index (κ2) is 10.6. The Morgan fingerprint density at radius 2 is 1.41 bits per heavy atom. The summed E-state index contributed by atoms with van der Waals surface area (Å²) >= 11 is 1.67. The fraction of sp³-hybridized carbons (Fsp3) is 0.222. The van der Waals surface area contributed by atoms with Crippen LogP contribution in [0.4, 0.5) is 0 Å². The summed E-state index contributed by atoms with van der Waals surface area (Å²) in [7, 11) is 0. The molecule has 0 unspecified atom stereocenters. The van der Waals surface area contributed by atoms with Crippen LogP contribution in [-0.2, 0) is 24.4 Å². The molecule has 4 aromatic rings. The van der Waals surface area contributed by atoms with Crippen LogP contribution in [-0.4, -0.2) is 21.3 Å². The number of nitrogens with zero attached hydrogens (tertiary/aromatic N) is 2. The molecule has 0 aliphatic rings. The zero-order valence-electron chi connectivity index (χ0n) is 19.3. The SMILES string of the molecule is CSc1ccc(CNC(=O)CCn2c(=O)c(=O)n(Cc3ccc(C)cc3)c3ccccc32)cc1. The lowest BCUT2D eigenvalue weighted by Crippen LogP contribution is -2.42. The molecule has 0 aliphatic carbocycles. The summed E-state index contributed by atoms with van der Waals surface area (Å²) in [5, 5.41) is 2.89. The van der Waals surface area contributed by atoms with Gasteiger partial charge in [0, 0.05) is 24.4 Å². The highest BCUT2D eigenvalue weighted by molar-refractivity contribution is 7.98. The molecule has 4 rings (SSSR count). The molecule has 0 bridgehead atoms. The Morgan fingerprint density at radius 1 is 0.824 bits per heavy atom. The number of benzene rings is 3. The van der Waals surface area contributed by atoms with Gasteiger partial charge in [-0.2, -0.15) is 0 Å². The lowest BCUT2D eigenvalue weighted by Gasteiger charge is -2.15. The molecule has 0 atom stereocenters. The first-order valence-electron chi connectivity index (χ1n) is 11.1. The van der Waals surface area contributed by atoms with Crippen molar-refractivity contribution in [2.24, 2.45) is 0 Å². The molecule has 34 heavy (non-hydrogen) atoms. The van der Waals surface area contributed by atoms with Gasteiger partial charge in [0.1, 0.15) is 0 Å². The number of fused-ring (bicyclic) bond motifs is 1. The van der Waals surface area contributed by atoms with Gasteiger partial charge < -0.3 is 9.88 Å². The summed E-state index contributed by atoms with van der Waals surface area (Å²) in [6.45, 7) is 2.87. The minimum absolute atomic E-state index is 0.105. The summed E-state index contributed by atoms with van der Waals surface area (Å²) in [5.41, 5.74) is 3.18. The number of hydrogen-bond donors (Lipinski definition) is 1. The number of carbonyl (C=O) groups excluding carboxylic acids is 1. The van der Waals surface area contributed by atoms with E-state index in [9.17, 15) is 14.4 Å². The van der Waals surface area contributed by atoms with E-state index in [2.05, 4.69) is 5.32 Å². The summed E-state index contributed by atoms with van der Waals surface area (Å²) in [6, 6.07) is 23.2. The second-order valence-corrected chi connectivity index (χ2v) is 9.08. The Hall–Kier alpha value is -3.58. The van der Waals surface area contributed by atoms with Crippen LogP contribution in [0.2, 0.25) is 0 Å². The maximum absolute atomic E-state index is 13.0. The highest BCUT2D eigenvalue weighted by Crippen LogP contribution is 2.15. The highest BCUT2D eigenvalue weighted by Gasteiger charge is 2.14. The van der Waals surface area contributed by atoms with E-state index in [0.29, 0.717) is 24.1 Å². The monoisotopic (exact) mass is 473 g/mol. The van der Waals surface area contributed by atoms with Gasteiger partial charge in [-0.3, -0.25) is 19.0 Å². The molecule has 1 aromatic heterocycles. The average molecular weight is 474 g/mol. The van der Waals surface area contributed by atoms with Crippen molar-refractivity contribution in [3.05, 3.63) is 110 Å². The minimum Gasteiger partial charge on any atom is -0.352 e. The molecule has 0 radical (unpaired) electrons. The van der Waals surface area contributed by atoms with E-state index >= 15 is 0 Å². The maximum Gasteiger partial charge on any atom is 0.317 e. The number of nitrogens with one attached hydrogen (secondary N) is 1.